The summed E-state index contributed by atoms with van der Waals surface area (Å²) in [7, 11) is 0. The van der Waals surface area contributed by atoms with Gasteiger partial charge in [0.1, 0.15) is 11.5 Å². The maximum Gasteiger partial charge on any atom is 0.194 e. The third-order valence-corrected chi connectivity index (χ3v) is 4.43. The van der Waals surface area contributed by atoms with Crippen LogP contribution in [-0.2, 0) is 0 Å². The summed E-state index contributed by atoms with van der Waals surface area (Å²) in [5, 5.41) is 0. The van der Waals surface area contributed by atoms with Gasteiger partial charge in [-0.3, -0.25) is 4.79 Å². The van der Waals surface area contributed by atoms with Gasteiger partial charge in [0.2, 0.25) is 0 Å². The highest BCUT2D eigenvalue weighted by Gasteiger charge is 2.27. The molecule has 1 aliphatic rings. The summed E-state index contributed by atoms with van der Waals surface area (Å²) >= 11 is 0. The quantitative estimate of drug-likeness (QED) is 0.437. The SMILES string of the molecule is O=C1c2cc(-c3ccco3)ccc2-c2ccc(-c3ccco3)cc21. The van der Waals surface area contributed by atoms with Crippen LogP contribution in [0.4, 0.5) is 0 Å². The number of rotatable bonds is 2. The molecule has 0 spiro atoms. The fraction of sp³-hybridized carbons (Fsp3) is 0. The number of hydrogen-bond donors (Lipinski definition) is 0. The molecule has 2 heterocycles. The highest BCUT2D eigenvalue weighted by Crippen LogP contribution is 2.40. The highest BCUT2D eigenvalue weighted by molar-refractivity contribution is 6.22. The Bertz CT molecular complexity index is 969. The summed E-state index contributed by atoms with van der Waals surface area (Å²) in [5.41, 5.74) is 5.19. The Morgan fingerprint density at radius 2 is 1.08 bits per heavy atom. The van der Waals surface area contributed by atoms with E-state index in [1.807, 2.05) is 60.7 Å². The predicted octanol–water partition coefficient (Wildman–Crippen LogP) is 5.42. The Hall–Kier alpha value is -3.33. The van der Waals surface area contributed by atoms with Crippen molar-refractivity contribution in [1.29, 1.82) is 0 Å². The molecule has 24 heavy (non-hydrogen) atoms. The highest BCUT2D eigenvalue weighted by atomic mass is 16.3. The fourth-order valence-electron chi connectivity index (χ4n) is 3.27. The van der Waals surface area contributed by atoms with Crippen molar-refractivity contribution in [2.75, 3.05) is 0 Å². The lowest BCUT2D eigenvalue weighted by Gasteiger charge is -2.03. The largest absolute Gasteiger partial charge is 0.464 e. The molecule has 0 saturated heterocycles. The lowest BCUT2D eigenvalue weighted by Crippen LogP contribution is -1.95. The molecular formula is C21H12O3. The van der Waals surface area contributed by atoms with Crippen molar-refractivity contribution >= 4 is 5.78 Å². The normalized spacial score (nSPS) is 12.2. The molecule has 0 unspecified atom stereocenters. The first-order chi connectivity index (χ1) is 11.8. The van der Waals surface area contributed by atoms with Crippen molar-refractivity contribution in [3.63, 3.8) is 0 Å². The molecule has 0 bridgehead atoms. The van der Waals surface area contributed by atoms with Crippen LogP contribution in [-0.4, -0.2) is 5.78 Å². The topological polar surface area (TPSA) is 43.4 Å². The van der Waals surface area contributed by atoms with Crippen LogP contribution in [0.2, 0.25) is 0 Å². The Balaban J connectivity index is 1.64. The van der Waals surface area contributed by atoms with Crippen molar-refractivity contribution in [1.82, 2.24) is 0 Å². The van der Waals surface area contributed by atoms with Crippen LogP contribution < -0.4 is 0 Å². The molecule has 0 fully saturated rings. The monoisotopic (exact) mass is 312 g/mol. The van der Waals surface area contributed by atoms with Crippen LogP contribution >= 0.6 is 0 Å². The molecule has 3 nitrogen and oxygen atoms in total. The Kier molecular flexibility index (Phi) is 2.65. The summed E-state index contributed by atoms with van der Waals surface area (Å²) in [6.07, 6.45) is 3.27. The van der Waals surface area contributed by atoms with Gasteiger partial charge in [0.05, 0.1) is 12.5 Å². The van der Waals surface area contributed by atoms with Crippen LogP contribution in [0.3, 0.4) is 0 Å². The lowest BCUT2D eigenvalue weighted by atomic mass is 10.0. The van der Waals surface area contributed by atoms with Crippen molar-refractivity contribution in [2.45, 2.75) is 0 Å². The molecule has 2 aromatic heterocycles. The number of fused-ring (bicyclic) bond motifs is 3. The van der Waals surface area contributed by atoms with Gasteiger partial charge in [-0.05, 0) is 47.5 Å². The van der Waals surface area contributed by atoms with E-state index in [4.69, 9.17) is 8.83 Å². The molecule has 5 rings (SSSR count). The Labute approximate surface area is 138 Å². The summed E-state index contributed by atoms with van der Waals surface area (Å²) < 4.78 is 10.9. The number of furan rings is 2. The molecule has 0 amide bonds. The van der Waals surface area contributed by atoms with Crippen LogP contribution in [0.5, 0.6) is 0 Å². The second kappa shape index (κ2) is 4.83. The molecule has 0 saturated carbocycles. The minimum absolute atomic E-state index is 0.0433. The zero-order valence-corrected chi connectivity index (χ0v) is 12.7. The summed E-state index contributed by atoms with van der Waals surface area (Å²) in [6, 6.07) is 19.2. The lowest BCUT2D eigenvalue weighted by molar-refractivity contribution is 0.104. The number of ketones is 1. The second-order valence-electron chi connectivity index (χ2n) is 5.80. The van der Waals surface area contributed by atoms with Crippen molar-refractivity contribution < 1.29 is 13.6 Å². The molecule has 2 aromatic carbocycles. The van der Waals surface area contributed by atoms with E-state index in [-0.39, 0.29) is 5.78 Å². The van der Waals surface area contributed by atoms with E-state index in [1.165, 1.54) is 0 Å². The Morgan fingerprint density at radius 3 is 1.50 bits per heavy atom. The van der Waals surface area contributed by atoms with Crippen molar-refractivity contribution in [3.8, 4) is 33.8 Å². The third kappa shape index (κ3) is 1.82. The minimum atomic E-state index is 0.0433. The minimum Gasteiger partial charge on any atom is -0.464 e. The molecule has 4 aromatic rings. The zero-order chi connectivity index (χ0) is 16.1. The number of hydrogen-bond acceptors (Lipinski definition) is 3. The first kappa shape index (κ1) is 13.1. The molecule has 0 N–H and O–H groups in total. The maximum absolute atomic E-state index is 12.9. The third-order valence-electron chi connectivity index (χ3n) is 4.43. The van der Waals surface area contributed by atoms with Crippen LogP contribution in [0.25, 0.3) is 33.8 Å². The van der Waals surface area contributed by atoms with Gasteiger partial charge in [-0.2, -0.15) is 0 Å². The second-order valence-corrected chi connectivity index (χ2v) is 5.80. The van der Waals surface area contributed by atoms with Crippen LogP contribution in [0.1, 0.15) is 15.9 Å². The average molecular weight is 312 g/mol. The maximum atomic E-state index is 12.9. The van der Waals surface area contributed by atoms with Gasteiger partial charge >= 0.3 is 0 Å². The summed E-state index contributed by atoms with van der Waals surface area (Å²) in [4.78, 5) is 12.9. The zero-order valence-electron chi connectivity index (χ0n) is 12.7. The van der Waals surface area contributed by atoms with Gasteiger partial charge in [0, 0.05) is 22.3 Å². The van der Waals surface area contributed by atoms with E-state index >= 15 is 0 Å². The van der Waals surface area contributed by atoms with Gasteiger partial charge < -0.3 is 8.83 Å². The molecule has 3 heteroatoms. The fourth-order valence-corrected chi connectivity index (χ4v) is 3.27. The molecule has 1 aliphatic carbocycles. The average Bonchev–Trinajstić information content (AvgIpc) is 3.36. The van der Waals surface area contributed by atoms with Crippen LogP contribution in [0, 0.1) is 0 Å². The summed E-state index contributed by atoms with van der Waals surface area (Å²) in [5.74, 6) is 1.57. The number of benzene rings is 2. The first-order valence-corrected chi connectivity index (χ1v) is 7.72. The van der Waals surface area contributed by atoms with Gasteiger partial charge in [-0.15, -0.1) is 0 Å². The van der Waals surface area contributed by atoms with Gasteiger partial charge in [0.25, 0.3) is 0 Å². The number of carbonyl (C=O) groups is 1. The van der Waals surface area contributed by atoms with E-state index in [9.17, 15) is 4.79 Å². The number of carbonyl (C=O) groups excluding carboxylic acids is 1. The van der Waals surface area contributed by atoms with Gasteiger partial charge in [-0.1, -0.05) is 24.3 Å². The van der Waals surface area contributed by atoms with Crippen LogP contribution in [0.15, 0.2) is 82.0 Å². The van der Waals surface area contributed by atoms with E-state index < -0.39 is 0 Å². The van der Waals surface area contributed by atoms with Crippen molar-refractivity contribution in [3.05, 3.63) is 84.3 Å². The van der Waals surface area contributed by atoms with Gasteiger partial charge in [-0.25, -0.2) is 0 Å². The summed E-state index contributed by atoms with van der Waals surface area (Å²) in [6.45, 7) is 0. The molecule has 0 aliphatic heterocycles. The Morgan fingerprint density at radius 1 is 0.583 bits per heavy atom. The van der Waals surface area contributed by atoms with E-state index in [2.05, 4.69) is 0 Å². The van der Waals surface area contributed by atoms with E-state index in [0.29, 0.717) is 0 Å². The molecular weight excluding hydrogens is 300 g/mol. The first-order valence-electron chi connectivity index (χ1n) is 7.72. The van der Waals surface area contributed by atoms with E-state index in [0.717, 1.165) is 44.9 Å². The predicted molar refractivity (Wildman–Crippen MR) is 90.7 cm³/mol. The smallest absolute Gasteiger partial charge is 0.194 e. The molecule has 114 valence electrons. The van der Waals surface area contributed by atoms with Crippen molar-refractivity contribution in [2.24, 2.45) is 0 Å². The standard InChI is InChI=1S/C21H12O3/c22-21-17-11-13(19-3-1-9-23-19)5-7-15(17)16-8-6-14(12-18(16)21)20-4-2-10-24-20/h1-12H. The van der Waals surface area contributed by atoms with Gasteiger partial charge in [0.15, 0.2) is 5.78 Å². The van der Waals surface area contributed by atoms with E-state index in [1.54, 1.807) is 12.5 Å². The molecule has 0 radical (unpaired) electrons. The molecule has 0 atom stereocenters.